The Morgan fingerprint density at radius 3 is 2.36 bits per heavy atom. The van der Waals surface area contributed by atoms with Crippen molar-refractivity contribution < 1.29 is 19.1 Å². The Morgan fingerprint density at radius 2 is 1.73 bits per heavy atom. The minimum absolute atomic E-state index is 0.0326. The van der Waals surface area contributed by atoms with Crippen LogP contribution < -0.4 is 9.64 Å². The number of rotatable bonds is 8. The molecule has 1 heterocycles. The van der Waals surface area contributed by atoms with E-state index in [-0.39, 0.29) is 18.3 Å². The van der Waals surface area contributed by atoms with Gasteiger partial charge in [0.15, 0.2) is 5.82 Å². The van der Waals surface area contributed by atoms with Crippen LogP contribution in [-0.4, -0.2) is 53.7 Å². The molecule has 0 spiro atoms. The highest BCUT2D eigenvalue weighted by Crippen LogP contribution is 2.27. The fraction of sp³-hybridized carbons (Fsp3) is 0.208. The van der Waals surface area contributed by atoms with Gasteiger partial charge >= 0.3 is 0 Å². The topological polar surface area (TPSA) is 92.7 Å². The van der Waals surface area contributed by atoms with E-state index in [4.69, 9.17) is 16.3 Å². The Bertz CT molecular complexity index is 1170. The second kappa shape index (κ2) is 10.7. The van der Waals surface area contributed by atoms with Gasteiger partial charge in [-0.05, 0) is 42.0 Å². The van der Waals surface area contributed by atoms with Crippen LogP contribution in [0.5, 0.6) is 5.75 Å². The highest BCUT2D eigenvalue weighted by Gasteiger charge is 2.23. The first kappa shape index (κ1) is 23.9. The van der Waals surface area contributed by atoms with Crippen molar-refractivity contribution in [2.75, 3.05) is 26.1 Å². The summed E-state index contributed by atoms with van der Waals surface area (Å²) in [6.45, 7) is 0.130. The van der Waals surface area contributed by atoms with E-state index in [1.165, 1.54) is 29.3 Å². The third-order valence-corrected chi connectivity index (χ3v) is 5.09. The number of ether oxygens (including phenoxy) is 1. The van der Waals surface area contributed by atoms with Gasteiger partial charge in [0.25, 0.3) is 5.91 Å². The van der Waals surface area contributed by atoms with Crippen LogP contribution in [0.1, 0.15) is 33.0 Å². The SMILES string of the molecule is COc1ccc(CN(C(=O)CC(=O)c2ncccn2)c2cccc(C(=O)N(C)C)c2)cc1Cl. The Kier molecular flexibility index (Phi) is 7.74. The molecule has 0 saturated heterocycles. The minimum atomic E-state index is -0.501. The Hall–Kier alpha value is -3.78. The van der Waals surface area contributed by atoms with E-state index < -0.39 is 18.1 Å². The van der Waals surface area contributed by atoms with E-state index in [1.807, 2.05) is 0 Å². The van der Waals surface area contributed by atoms with Crippen molar-refractivity contribution in [1.82, 2.24) is 14.9 Å². The first-order valence-electron chi connectivity index (χ1n) is 10.0. The Labute approximate surface area is 196 Å². The van der Waals surface area contributed by atoms with Crippen molar-refractivity contribution in [2.45, 2.75) is 13.0 Å². The van der Waals surface area contributed by atoms with Gasteiger partial charge in [0.1, 0.15) is 5.75 Å². The van der Waals surface area contributed by atoms with Crippen molar-refractivity contribution in [3.63, 3.8) is 0 Å². The monoisotopic (exact) mass is 466 g/mol. The van der Waals surface area contributed by atoms with Gasteiger partial charge in [-0.15, -0.1) is 0 Å². The van der Waals surface area contributed by atoms with Crippen LogP contribution in [0.3, 0.4) is 0 Å². The molecule has 2 amide bonds. The number of carbonyl (C=O) groups is 3. The molecule has 0 fully saturated rings. The molecule has 0 saturated carbocycles. The summed E-state index contributed by atoms with van der Waals surface area (Å²) in [5.41, 5.74) is 1.61. The number of nitrogens with zero attached hydrogens (tertiary/aromatic N) is 4. The highest BCUT2D eigenvalue weighted by atomic mass is 35.5. The molecule has 170 valence electrons. The fourth-order valence-corrected chi connectivity index (χ4v) is 3.41. The third kappa shape index (κ3) is 5.93. The maximum atomic E-state index is 13.3. The fourth-order valence-electron chi connectivity index (χ4n) is 3.13. The van der Waals surface area contributed by atoms with E-state index in [9.17, 15) is 14.4 Å². The average molecular weight is 467 g/mol. The lowest BCUT2D eigenvalue weighted by Crippen LogP contribution is -2.32. The van der Waals surface area contributed by atoms with Crippen molar-refractivity contribution >= 4 is 34.9 Å². The predicted octanol–water partition coefficient (Wildman–Crippen LogP) is 3.65. The van der Waals surface area contributed by atoms with Crippen LogP contribution in [-0.2, 0) is 11.3 Å². The van der Waals surface area contributed by atoms with Crippen molar-refractivity contribution in [1.29, 1.82) is 0 Å². The molecular formula is C24H23ClN4O4. The van der Waals surface area contributed by atoms with Gasteiger partial charge in [0.2, 0.25) is 11.7 Å². The van der Waals surface area contributed by atoms with Crippen LogP contribution in [0.4, 0.5) is 5.69 Å². The van der Waals surface area contributed by atoms with Gasteiger partial charge in [0, 0.05) is 37.7 Å². The van der Waals surface area contributed by atoms with Gasteiger partial charge in [-0.2, -0.15) is 0 Å². The van der Waals surface area contributed by atoms with Crippen molar-refractivity contribution in [3.05, 3.63) is 82.9 Å². The molecule has 0 N–H and O–H groups in total. The summed E-state index contributed by atoms with van der Waals surface area (Å²) in [6.07, 6.45) is 2.45. The first-order chi connectivity index (χ1) is 15.8. The molecule has 8 nitrogen and oxygen atoms in total. The molecule has 0 radical (unpaired) electrons. The number of halogens is 1. The van der Waals surface area contributed by atoms with E-state index in [1.54, 1.807) is 62.6 Å². The number of hydrogen-bond donors (Lipinski definition) is 0. The molecule has 1 aromatic heterocycles. The smallest absolute Gasteiger partial charge is 0.253 e. The first-order valence-corrected chi connectivity index (χ1v) is 10.4. The summed E-state index contributed by atoms with van der Waals surface area (Å²) in [6, 6.07) is 13.4. The zero-order valence-electron chi connectivity index (χ0n) is 18.5. The molecule has 0 aliphatic rings. The summed E-state index contributed by atoms with van der Waals surface area (Å²) in [5, 5.41) is 0.396. The molecule has 0 unspecified atom stereocenters. The Balaban J connectivity index is 1.94. The van der Waals surface area contributed by atoms with Gasteiger partial charge in [-0.3, -0.25) is 14.4 Å². The van der Waals surface area contributed by atoms with Crippen LogP contribution in [0.25, 0.3) is 0 Å². The van der Waals surface area contributed by atoms with Crippen LogP contribution in [0, 0.1) is 0 Å². The lowest BCUT2D eigenvalue weighted by atomic mass is 10.1. The maximum Gasteiger partial charge on any atom is 0.253 e. The molecule has 33 heavy (non-hydrogen) atoms. The number of benzene rings is 2. The van der Waals surface area contributed by atoms with E-state index in [0.717, 1.165) is 5.56 Å². The lowest BCUT2D eigenvalue weighted by Gasteiger charge is -2.24. The zero-order chi connectivity index (χ0) is 24.0. The lowest BCUT2D eigenvalue weighted by molar-refractivity contribution is -0.117. The molecular weight excluding hydrogens is 444 g/mol. The van der Waals surface area contributed by atoms with E-state index in [0.29, 0.717) is 22.0 Å². The number of carbonyl (C=O) groups excluding carboxylic acids is 3. The molecule has 3 rings (SSSR count). The predicted molar refractivity (Wildman–Crippen MR) is 125 cm³/mol. The number of hydrogen-bond acceptors (Lipinski definition) is 6. The minimum Gasteiger partial charge on any atom is -0.495 e. The second-order valence-corrected chi connectivity index (χ2v) is 7.78. The van der Waals surface area contributed by atoms with Gasteiger partial charge < -0.3 is 14.5 Å². The van der Waals surface area contributed by atoms with Crippen molar-refractivity contribution in [3.8, 4) is 5.75 Å². The molecule has 0 atom stereocenters. The summed E-state index contributed by atoms with van der Waals surface area (Å²) in [4.78, 5) is 49.0. The van der Waals surface area contributed by atoms with Gasteiger partial charge in [-0.25, -0.2) is 9.97 Å². The molecule has 3 aromatic rings. The van der Waals surface area contributed by atoms with Crippen LogP contribution >= 0.6 is 11.6 Å². The van der Waals surface area contributed by atoms with E-state index in [2.05, 4.69) is 9.97 Å². The van der Waals surface area contributed by atoms with Crippen LogP contribution in [0.15, 0.2) is 60.9 Å². The number of ketones is 1. The number of methoxy groups -OCH3 is 1. The van der Waals surface area contributed by atoms with E-state index >= 15 is 0 Å². The largest absolute Gasteiger partial charge is 0.495 e. The normalized spacial score (nSPS) is 10.4. The molecule has 0 bridgehead atoms. The summed E-state index contributed by atoms with van der Waals surface area (Å²) >= 11 is 6.26. The second-order valence-electron chi connectivity index (χ2n) is 7.37. The van der Waals surface area contributed by atoms with Gasteiger partial charge in [-0.1, -0.05) is 23.7 Å². The zero-order valence-corrected chi connectivity index (χ0v) is 19.2. The number of anilines is 1. The standard InChI is InChI=1S/C24H23ClN4O4/c1-28(2)24(32)17-6-4-7-18(13-17)29(15-16-8-9-21(33-3)19(25)12-16)22(31)14-20(30)23-26-10-5-11-27-23/h4-13H,14-15H2,1-3H3. The highest BCUT2D eigenvalue weighted by molar-refractivity contribution is 6.32. The number of Topliss-reactive ketones (excluding diaryl/α,β-unsaturated/α-hetero) is 1. The maximum absolute atomic E-state index is 13.3. The molecule has 0 aliphatic carbocycles. The molecule has 9 heteroatoms. The summed E-state index contributed by atoms with van der Waals surface area (Å²) < 4.78 is 5.19. The molecule has 0 aliphatic heterocycles. The summed E-state index contributed by atoms with van der Waals surface area (Å²) in [7, 11) is 4.81. The number of aromatic nitrogens is 2. The summed E-state index contributed by atoms with van der Waals surface area (Å²) in [5.74, 6) is -0.693. The van der Waals surface area contributed by atoms with Gasteiger partial charge in [0.05, 0.1) is 25.1 Å². The quantitative estimate of drug-likeness (QED) is 0.371. The van der Waals surface area contributed by atoms with Crippen molar-refractivity contribution in [2.24, 2.45) is 0 Å². The molecule has 2 aromatic carbocycles. The third-order valence-electron chi connectivity index (χ3n) is 4.80. The number of amides is 2. The Morgan fingerprint density at radius 1 is 1.00 bits per heavy atom. The van der Waals surface area contributed by atoms with Crippen LogP contribution in [0.2, 0.25) is 5.02 Å². The average Bonchev–Trinajstić information content (AvgIpc) is 2.82.